The van der Waals surface area contributed by atoms with E-state index in [-0.39, 0.29) is 12.2 Å². The SMILES string of the molecule is Cc1ccc(OCc2nc3ccccc3c(=O)[nH]2)cc1. The highest BCUT2D eigenvalue weighted by Crippen LogP contribution is 2.13. The summed E-state index contributed by atoms with van der Waals surface area (Å²) in [6.07, 6.45) is 0. The predicted molar refractivity (Wildman–Crippen MR) is 77.9 cm³/mol. The fourth-order valence-corrected chi connectivity index (χ4v) is 1.99. The average molecular weight is 266 g/mol. The third-order valence-corrected chi connectivity index (χ3v) is 3.06. The molecule has 100 valence electrons. The molecular formula is C16H14N2O2. The Kier molecular flexibility index (Phi) is 3.21. The third-order valence-electron chi connectivity index (χ3n) is 3.06. The number of ether oxygens (including phenoxy) is 1. The van der Waals surface area contributed by atoms with Crippen LogP contribution in [-0.4, -0.2) is 9.97 Å². The van der Waals surface area contributed by atoms with Crippen molar-refractivity contribution in [2.24, 2.45) is 0 Å². The van der Waals surface area contributed by atoms with E-state index in [1.165, 1.54) is 5.56 Å². The molecule has 3 aromatic rings. The van der Waals surface area contributed by atoms with Crippen LogP contribution in [0.5, 0.6) is 5.75 Å². The van der Waals surface area contributed by atoms with Gasteiger partial charge in [-0.3, -0.25) is 4.79 Å². The Bertz CT molecular complexity index is 791. The summed E-state index contributed by atoms with van der Waals surface area (Å²) >= 11 is 0. The van der Waals surface area contributed by atoms with Crippen molar-refractivity contribution in [2.75, 3.05) is 0 Å². The molecule has 0 atom stereocenters. The molecule has 0 aliphatic carbocycles. The van der Waals surface area contributed by atoms with Gasteiger partial charge in [-0.05, 0) is 31.2 Å². The first-order chi connectivity index (χ1) is 9.72. The first kappa shape index (κ1) is 12.4. The average Bonchev–Trinajstić information content (AvgIpc) is 2.47. The van der Waals surface area contributed by atoms with Gasteiger partial charge in [-0.2, -0.15) is 0 Å². The van der Waals surface area contributed by atoms with E-state index in [9.17, 15) is 4.79 Å². The predicted octanol–water partition coefficient (Wildman–Crippen LogP) is 2.81. The molecule has 0 unspecified atom stereocenters. The molecule has 1 heterocycles. The number of para-hydroxylation sites is 1. The van der Waals surface area contributed by atoms with Crippen LogP contribution in [0.3, 0.4) is 0 Å². The summed E-state index contributed by atoms with van der Waals surface area (Å²) in [5.74, 6) is 1.28. The zero-order valence-electron chi connectivity index (χ0n) is 11.1. The van der Waals surface area contributed by atoms with Crippen molar-refractivity contribution in [3.05, 3.63) is 70.3 Å². The highest BCUT2D eigenvalue weighted by Gasteiger charge is 2.03. The molecule has 2 aromatic carbocycles. The Hall–Kier alpha value is -2.62. The Balaban J connectivity index is 1.84. The van der Waals surface area contributed by atoms with Crippen molar-refractivity contribution in [1.29, 1.82) is 0 Å². The maximum atomic E-state index is 11.9. The number of aromatic nitrogens is 2. The molecule has 0 aliphatic heterocycles. The molecule has 4 nitrogen and oxygen atoms in total. The molecule has 0 aliphatic rings. The van der Waals surface area contributed by atoms with E-state index >= 15 is 0 Å². The lowest BCUT2D eigenvalue weighted by Gasteiger charge is -2.06. The van der Waals surface area contributed by atoms with Crippen molar-refractivity contribution >= 4 is 10.9 Å². The van der Waals surface area contributed by atoms with Crippen LogP contribution in [0.1, 0.15) is 11.4 Å². The second-order valence-electron chi connectivity index (χ2n) is 4.63. The summed E-state index contributed by atoms with van der Waals surface area (Å²) in [6, 6.07) is 15.0. The van der Waals surface area contributed by atoms with Crippen LogP contribution in [0.15, 0.2) is 53.3 Å². The van der Waals surface area contributed by atoms with Gasteiger partial charge in [-0.15, -0.1) is 0 Å². The maximum Gasteiger partial charge on any atom is 0.258 e. The van der Waals surface area contributed by atoms with Gasteiger partial charge < -0.3 is 9.72 Å². The number of benzene rings is 2. The van der Waals surface area contributed by atoms with Gasteiger partial charge >= 0.3 is 0 Å². The molecule has 0 bridgehead atoms. The largest absolute Gasteiger partial charge is 0.486 e. The molecule has 0 amide bonds. The first-order valence-electron chi connectivity index (χ1n) is 6.40. The Morgan fingerprint density at radius 1 is 1.10 bits per heavy atom. The van der Waals surface area contributed by atoms with E-state index in [1.54, 1.807) is 6.07 Å². The lowest BCUT2D eigenvalue weighted by molar-refractivity contribution is 0.296. The second kappa shape index (κ2) is 5.17. The molecule has 1 aromatic heterocycles. The Morgan fingerprint density at radius 2 is 1.85 bits per heavy atom. The van der Waals surface area contributed by atoms with Crippen LogP contribution in [0.2, 0.25) is 0 Å². The second-order valence-corrected chi connectivity index (χ2v) is 4.63. The number of aryl methyl sites for hydroxylation is 1. The van der Waals surface area contributed by atoms with Gasteiger partial charge in [-0.25, -0.2) is 4.98 Å². The van der Waals surface area contributed by atoms with E-state index in [1.807, 2.05) is 49.4 Å². The van der Waals surface area contributed by atoms with Crippen molar-refractivity contribution in [2.45, 2.75) is 13.5 Å². The van der Waals surface area contributed by atoms with Crippen LogP contribution in [0.4, 0.5) is 0 Å². The molecule has 0 radical (unpaired) electrons. The van der Waals surface area contributed by atoms with Crippen LogP contribution in [-0.2, 0) is 6.61 Å². The summed E-state index contributed by atoms with van der Waals surface area (Å²) < 4.78 is 5.62. The van der Waals surface area contributed by atoms with Crippen molar-refractivity contribution in [3.63, 3.8) is 0 Å². The smallest absolute Gasteiger partial charge is 0.258 e. The van der Waals surface area contributed by atoms with E-state index in [0.717, 1.165) is 5.75 Å². The number of aromatic amines is 1. The van der Waals surface area contributed by atoms with Crippen molar-refractivity contribution < 1.29 is 4.74 Å². The number of rotatable bonds is 3. The fourth-order valence-electron chi connectivity index (χ4n) is 1.99. The monoisotopic (exact) mass is 266 g/mol. The Labute approximate surface area is 116 Å². The van der Waals surface area contributed by atoms with Gasteiger partial charge in [0.05, 0.1) is 10.9 Å². The number of fused-ring (bicyclic) bond motifs is 1. The van der Waals surface area contributed by atoms with Gasteiger partial charge in [0.1, 0.15) is 18.2 Å². The van der Waals surface area contributed by atoms with Gasteiger partial charge in [0, 0.05) is 0 Å². The van der Waals surface area contributed by atoms with Gasteiger partial charge in [0.25, 0.3) is 5.56 Å². The van der Waals surface area contributed by atoms with Crippen LogP contribution in [0, 0.1) is 6.92 Å². The number of hydrogen-bond acceptors (Lipinski definition) is 3. The molecule has 1 N–H and O–H groups in total. The molecule has 0 spiro atoms. The standard InChI is InChI=1S/C16H14N2O2/c1-11-6-8-12(9-7-11)20-10-15-17-14-5-3-2-4-13(14)16(19)18-15/h2-9H,10H2,1H3,(H,17,18,19). The molecule has 3 rings (SSSR count). The van der Waals surface area contributed by atoms with Crippen LogP contribution < -0.4 is 10.3 Å². The van der Waals surface area contributed by atoms with E-state index in [0.29, 0.717) is 16.7 Å². The zero-order chi connectivity index (χ0) is 13.9. The molecule has 0 saturated heterocycles. The van der Waals surface area contributed by atoms with Crippen molar-refractivity contribution in [1.82, 2.24) is 9.97 Å². The van der Waals surface area contributed by atoms with E-state index in [4.69, 9.17) is 4.74 Å². The van der Waals surface area contributed by atoms with Crippen LogP contribution in [0.25, 0.3) is 10.9 Å². The van der Waals surface area contributed by atoms with Gasteiger partial charge in [-0.1, -0.05) is 29.8 Å². The third kappa shape index (κ3) is 2.54. The van der Waals surface area contributed by atoms with Crippen LogP contribution >= 0.6 is 0 Å². The lowest BCUT2D eigenvalue weighted by Crippen LogP contribution is -2.13. The minimum Gasteiger partial charge on any atom is -0.486 e. The molecule has 4 heteroatoms. The minimum absolute atomic E-state index is 0.141. The lowest BCUT2D eigenvalue weighted by atomic mass is 10.2. The van der Waals surface area contributed by atoms with Gasteiger partial charge in [0.2, 0.25) is 0 Å². The molecular weight excluding hydrogens is 252 g/mol. The summed E-state index contributed by atoms with van der Waals surface area (Å²) in [7, 11) is 0. The number of nitrogens with zero attached hydrogens (tertiary/aromatic N) is 1. The van der Waals surface area contributed by atoms with E-state index < -0.39 is 0 Å². The van der Waals surface area contributed by atoms with Gasteiger partial charge in [0.15, 0.2) is 0 Å². The highest BCUT2D eigenvalue weighted by atomic mass is 16.5. The molecule has 20 heavy (non-hydrogen) atoms. The van der Waals surface area contributed by atoms with Crippen molar-refractivity contribution in [3.8, 4) is 5.75 Å². The summed E-state index contributed by atoms with van der Waals surface area (Å²) in [5, 5.41) is 0.589. The number of nitrogens with one attached hydrogen (secondary N) is 1. The highest BCUT2D eigenvalue weighted by molar-refractivity contribution is 5.77. The molecule has 0 saturated carbocycles. The Morgan fingerprint density at radius 3 is 2.65 bits per heavy atom. The van der Waals surface area contributed by atoms with E-state index in [2.05, 4.69) is 9.97 Å². The topological polar surface area (TPSA) is 55.0 Å². The maximum absolute atomic E-state index is 11.9. The quantitative estimate of drug-likeness (QED) is 0.793. The first-order valence-corrected chi connectivity index (χ1v) is 6.40. The fraction of sp³-hybridized carbons (Fsp3) is 0.125. The molecule has 0 fully saturated rings. The summed E-state index contributed by atoms with van der Waals surface area (Å²) in [6.45, 7) is 2.26. The summed E-state index contributed by atoms with van der Waals surface area (Å²) in [5.41, 5.74) is 1.71. The minimum atomic E-state index is -0.141. The number of hydrogen-bond donors (Lipinski definition) is 1. The normalized spacial score (nSPS) is 10.7. The summed E-state index contributed by atoms with van der Waals surface area (Å²) in [4.78, 5) is 19.0. The zero-order valence-corrected chi connectivity index (χ0v) is 11.1. The number of H-pyrrole nitrogens is 1.